The molecule has 0 spiro atoms. The number of likely N-dealkylation sites (tertiary alicyclic amines) is 1. The fourth-order valence-corrected chi connectivity index (χ4v) is 3.74. The van der Waals surface area contributed by atoms with Crippen LogP contribution in [0.5, 0.6) is 5.75 Å². The SMILES string of the molecule is CCCOc1cccc(C2/C(=C(\O)c3ccncc3)C(=O)C(=O)N2Cc2cccnc2)c1. The molecule has 7 heteroatoms. The van der Waals surface area contributed by atoms with Crippen LogP contribution >= 0.6 is 0 Å². The van der Waals surface area contributed by atoms with Crippen molar-refractivity contribution in [3.63, 3.8) is 0 Å². The van der Waals surface area contributed by atoms with Gasteiger partial charge in [0, 0.05) is 36.9 Å². The minimum Gasteiger partial charge on any atom is -0.507 e. The molecule has 3 heterocycles. The highest BCUT2D eigenvalue weighted by Crippen LogP contribution is 2.41. The van der Waals surface area contributed by atoms with Gasteiger partial charge in [0.25, 0.3) is 11.7 Å². The van der Waals surface area contributed by atoms with Crippen LogP contribution in [0.25, 0.3) is 5.76 Å². The zero-order valence-corrected chi connectivity index (χ0v) is 17.6. The van der Waals surface area contributed by atoms with Crippen molar-refractivity contribution < 1.29 is 19.4 Å². The molecule has 0 bridgehead atoms. The predicted octanol–water partition coefficient (Wildman–Crippen LogP) is 3.89. The van der Waals surface area contributed by atoms with Crippen LogP contribution in [0.1, 0.15) is 36.1 Å². The lowest BCUT2D eigenvalue weighted by Gasteiger charge is -2.25. The number of carbonyl (C=O) groups is 2. The molecule has 1 fully saturated rings. The van der Waals surface area contributed by atoms with Crippen molar-refractivity contribution in [1.82, 2.24) is 14.9 Å². The molecule has 0 radical (unpaired) electrons. The maximum absolute atomic E-state index is 13.1. The van der Waals surface area contributed by atoms with Crippen LogP contribution in [-0.2, 0) is 16.1 Å². The Morgan fingerprint density at radius 2 is 1.88 bits per heavy atom. The summed E-state index contributed by atoms with van der Waals surface area (Å²) in [6.07, 6.45) is 7.20. The summed E-state index contributed by atoms with van der Waals surface area (Å²) in [4.78, 5) is 35.7. The molecule has 0 aliphatic carbocycles. The molecule has 0 saturated carbocycles. The van der Waals surface area contributed by atoms with Crippen LogP contribution in [-0.4, -0.2) is 38.3 Å². The topological polar surface area (TPSA) is 92.6 Å². The van der Waals surface area contributed by atoms with Gasteiger partial charge in [-0.3, -0.25) is 19.6 Å². The van der Waals surface area contributed by atoms with Gasteiger partial charge in [0.1, 0.15) is 11.5 Å². The summed E-state index contributed by atoms with van der Waals surface area (Å²) in [6.45, 7) is 2.74. The summed E-state index contributed by atoms with van der Waals surface area (Å²) in [5, 5.41) is 11.0. The molecule has 1 saturated heterocycles. The summed E-state index contributed by atoms with van der Waals surface area (Å²) < 4.78 is 5.76. The van der Waals surface area contributed by atoms with Gasteiger partial charge in [-0.1, -0.05) is 25.1 Å². The number of hydrogen-bond acceptors (Lipinski definition) is 6. The first-order valence-electron chi connectivity index (χ1n) is 10.4. The van der Waals surface area contributed by atoms with E-state index in [-0.39, 0.29) is 17.9 Å². The van der Waals surface area contributed by atoms with Crippen LogP contribution in [0.3, 0.4) is 0 Å². The molecule has 4 rings (SSSR count). The molecule has 1 aromatic carbocycles. The van der Waals surface area contributed by atoms with Gasteiger partial charge < -0.3 is 14.7 Å². The Morgan fingerprint density at radius 1 is 1.06 bits per heavy atom. The molecule has 7 nitrogen and oxygen atoms in total. The predicted molar refractivity (Wildman–Crippen MR) is 119 cm³/mol. The number of carbonyl (C=O) groups excluding carboxylic acids is 2. The average Bonchev–Trinajstić information content (AvgIpc) is 3.08. The number of pyridine rings is 2. The van der Waals surface area contributed by atoms with Gasteiger partial charge in [-0.15, -0.1) is 0 Å². The molecule has 1 N–H and O–H groups in total. The number of rotatable bonds is 7. The molecular formula is C25H23N3O4. The lowest BCUT2D eigenvalue weighted by molar-refractivity contribution is -0.140. The highest BCUT2D eigenvalue weighted by atomic mass is 16.5. The highest BCUT2D eigenvalue weighted by molar-refractivity contribution is 6.46. The molecule has 2 aromatic heterocycles. The Kier molecular flexibility index (Phi) is 6.26. The van der Waals surface area contributed by atoms with Crippen molar-refractivity contribution in [2.45, 2.75) is 25.9 Å². The van der Waals surface area contributed by atoms with Crippen LogP contribution in [0.15, 0.2) is 78.9 Å². The van der Waals surface area contributed by atoms with Gasteiger partial charge in [0.15, 0.2) is 0 Å². The van der Waals surface area contributed by atoms with E-state index in [1.165, 1.54) is 17.3 Å². The number of aromatic nitrogens is 2. The Labute approximate surface area is 186 Å². The van der Waals surface area contributed by atoms with E-state index < -0.39 is 17.7 Å². The maximum Gasteiger partial charge on any atom is 0.295 e. The normalized spacial score (nSPS) is 17.5. The van der Waals surface area contributed by atoms with Crippen LogP contribution < -0.4 is 4.74 Å². The van der Waals surface area contributed by atoms with Gasteiger partial charge in [0.05, 0.1) is 18.2 Å². The van der Waals surface area contributed by atoms with Gasteiger partial charge in [0.2, 0.25) is 0 Å². The number of amides is 1. The van der Waals surface area contributed by atoms with Gasteiger partial charge >= 0.3 is 0 Å². The lowest BCUT2D eigenvalue weighted by atomic mass is 9.95. The van der Waals surface area contributed by atoms with Crippen LogP contribution in [0, 0.1) is 0 Å². The number of ether oxygens (including phenoxy) is 1. The highest BCUT2D eigenvalue weighted by Gasteiger charge is 2.46. The van der Waals surface area contributed by atoms with E-state index in [0.29, 0.717) is 23.5 Å². The van der Waals surface area contributed by atoms with E-state index in [4.69, 9.17) is 4.74 Å². The Bertz CT molecular complexity index is 1150. The zero-order chi connectivity index (χ0) is 22.5. The smallest absolute Gasteiger partial charge is 0.295 e. The number of aliphatic hydroxyl groups excluding tert-OH is 1. The summed E-state index contributed by atoms with van der Waals surface area (Å²) >= 11 is 0. The number of Topliss-reactive ketones (excluding diaryl/α,β-unsaturated/α-hetero) is 1. The standard InChI is InChI=1S/C25H23N3O4/c1-2-13-32-20-7-3-6-19(14-20)22-21(23(29)18-8-11-26-12-9-18)24(30)25(31)28(22)16-17-5-4-10-27-15-17/h3-12,14-15,22,29H,2,13,16H2,1H3/b23-21+. The zero-order valence-electron chi connectivity index (χ0n) is 17.6. The third-order valence-electron chi connectivity index (χ3n) is 5.22. The second kappa shape index (κ2) is 9.43. The van der Waals surface area contributed by atoms with Crippen molar-refractivity contribution in [1.29, 1.82) is 0 Å². The van der Waals surface area contributed by atoms with Crippen LogP contribution in [0.4, 0.5) is 0 Å². The third-order valence-corrected chi connectivity index (χ3v) is 5.22. The van der Waals surface area contributed by atoms with Crippen LogP contribution in [0.2, 0.25) is 0 Å². The first-order valence-corrected chi connectivity index (χ1v) is 10.4. The number of ketones is 1. The number of nitrogens with zero attached hydrogens (tertiary/aromatic N) is 3. The van der Waals surface area contributed by atoms with E-state index in [1.807, 2.05) is 37.3 Å². The maximum atomic E-state index is 13.1. The van der Waals surface area contributed by atoms with E-state index in [1.54, 1.807) is 30.6 Å². The molecule has 1 unspecified atom stereocenters. The largest absolute Gasteiger partial charge is 0.507 e. The summed E-state index contributed by atoms with van der Waals surface area (Å²) in [7, 11) is 0. The quantitative estimate of drug-likeness (QED) is 0.348. The second-order valence-electron chi connectivity index (χ2n) is 7.45. The van der Waals surface area contributed by atoms with Crippen molar-refractivity contribution >= 4 is 17.4 Å². The molecule has 1 aliphatic rings. The van der Waals surface area contributed by atoms with Crippen molar-refractivity contribution in [3.05, 3.63) is 95.6 Å². The van der Waals surface area contributed by atoms with Gasteiger partial charge in [-0.05, 0) is 47.9 Å². The van der Waals surface area contributed by atoms with Crippen molar-refractivity contribution in [2.24, 2.45) is 0 Å². The molecule has 3 aromatic rings. The van der Waals surface area contributed by atoms with E-state index in [0.717, 1.165) is 12.0 Å². The molecule has 32 heavy (non-hydrogen) atoms. The van der Waals surface area contributed by atoms with Crippen molar-refractivity contribution in [2.75, 3.05) is 6.61 Å². The molecule has 1 atom stereocenters. The van der Waals surface area contributed by atoms with Crippen molar-refractivity contribution in [3.8, 4) is 5.75 Å². The lowest BCUT2D eigenvalue weighted by Crippen LogP contribution is -2.29. The molecular weight excluding hydrogens is 406 g/mol. The average molecular weight is 429 g/mol. The van der Waals surface area contributed by atoms with E-state index in [2.05, 4.69) is 9.97 Å². The Hall–Kier alpha value is -4.00. The minimum atomic E-state index is -0.770. The van der Waals surface area contributed by atoms with E-state index in [9.17, 15) is 14.7 Å². The summed E-state index contributed by atoms with van der Waals surface area (Å²) in [5.41, 5.74) is 1.92. The van der Waals surface area contributed by atoms with Gasteiger partial charge in [-0.2, -0.15) is 0 Å². The number of aliphatic hydroxyl groups is 1. The number of benzene rings is 1. The first kappa shape index (κ1) is 21.2. The number of hydrogen-bond donors (Lipinski definition) is 1. The Balaban J connectivity index is 1.83. The third kappa shape index (κ3) is 4.23. The minimum absolute atomic E-state index is 0.0396. The van der Waals surface area contributed by atoms with Gasteiger partial charge in [-0.25, -0.2) is 0 Å². The fraction of sp³-hybridized carbons (Fsp3) is 0.200. The Morgan fingerprint density at radius 3 is 2.59 bits per heavy atom. The second-order valence-corrected chi connectivity index (χ2v) is 7.45. The fourth-order valence-electron chi connectivity index (χ4n) is 3.74. The molecule has 1 aliphatic heterocycles. The summed E-state index contributed by atoms with van der Waals surface area (Å²) in [6, 6.07) is 13.3. The monoisotopic (exact) mass is 429 g/mol. The summed E-state index contributed by atoms with van der Waals surface area (Å²) in [5.74, 6) is -0.994. The molecule has 162 valence electrons. The molecule has 1 amide bonds. The first-order chi connectivity index (χ1) is 15.6. The van der Waals surface area contributed by atoms with E-state index >= 15 is 0 Å².